The minimum Gasteiger partial charge on any atom is -0.478 e. The van der Waals surface area contributed by atoms with Gasteiger partial charge in [-0.15, -0.1) is 0 Å². The maximum absolute atomic E-state index is 11.2. The van der Waals surface area contributed by atoms with Crippen molar-refractivity contribution < 1.29 is 15.0 Å². The second-order valence-corrected chi connectivity index (χ2v) is 5.23. The predicted molar refractivity (Wildman–Crippen MR) is 82.7 cm³/mol. The molecule has 5 heteroatoms. The van der Waals surface area contributed by atoms with Crippen molar-refractivity contribution in [2.24, 2.45) is 5.92 Å². The molecule has 21 heavy (non-hydrogen) atoms. The molecule has 0 aliphatic heterocycles. The number of aliphatic hydroxyl groups excluding tert-OH is 1. The Kier molecular flexibility index (Phi) is 5.11. The van der Waals surface area contributed by atoms with E-state index in [1.54, 1.807) is 6.07 Å². The molecule has 0 saturated heterocycles. The van der Waals surface area contributed by atoms with Crippen LogP contribution in [0, 0.1) is 5.92 Å². The van der Waals surface area contributed by atoms with E-state index < -0.39 is 5.97 Å². The van der Waals surface area contributed by atoms with E-state index in [2.05, 4.69) is 10.3 Å². The molecule has 1 aromatic carbocycles. The van der Waals surface area contributed by atoms with Crippen molar-refractivity contribution in [2.75, 3.05) is 18.5 Å². The summed E-state index contributed by atoms with van der Waals surface area (Å²) < 4.78 is 0. The molecule has 0 saturated carbocycles. The molecule has 0 spiro atoms. The number of aromatic carboxylic acids is 1. The van der Waals surface area contributed by atoms with Crippen molar-refractivity contribution in [3.63, 3.8) is 0 Å². The zero-order chi connectivity index (χ0) is 15.2. The van der Waals surface area contributed by atoms with Crippen LogP contribution in [-0.2, 0) is 0 Å². The van der Waals surface area contributed by atoms with E-state index in [1.807, 2.05) is 25.1 Å². The SMILES string of the molecule is CC(CO)CCCNc1ncc(C(=O)O)c2ccccc12. The Bertz CT molecular complexity index is 628. The highest BCUT2D eigenvalue weighted by Gasteiger charge is 2.11. The number of carbonyl (C=O) groups is 1. The normalized spacial score (nSPS) is 12.3. The van der Waals surface area contributed by atoms with E-state index in [0.29, 0.717) is 17.1 Å². The van der Waals surface area contributed by atoms with Crippen LogP contribution >= 0.6 is 0 Å². The quantitative estimate of drug-likeness (QED) is 0.682. The summed E-state index contributed by atoms with van der Waals surface area (Å²) in [6, 6.07) is 7.35. The zero-order valence-electron chi connectivity index (χ0n) is 12.0. The Morgan fingerprint density at radius 2 is 2.05 bits per heavy atom. The number of nitrogens with zero attached hydrogens (tertiary/aromatic N) is 1. The van der Waals surface area contributed by atoms with Crippen LogP contribution in [0.3, 0.4) is 0 Å². The van der Waals surface area contributed by atoms with E-state index in [1.165, 1.54) is 6.20 Å². The van der Waals surface area contributed by atoms with Crippen LogP contribution in [0.5, 0.6) is 0 Å². The standard InChI is InChI=1S/C16H20N2O3/c1-11(10-19)5-4-8-17-15-13-7-3-2-6-12(13)14(9-18-15)16(20)21/h2-3,6-7,9,11,19H,4-5,8,10H2,1H3,(H,17,18)(H,20,21). The van der Waals surface area contributed by atoms with Crippen LogP contribution in [0.4, 0.5) is 5.82 Å². The number of carboxylic acids is 1. The first-order valence-corrected chi connectivity index (χ1v) is 7.09. The Hall–Kier alpha value is -2.14. The smallest absolute Gasteiger partial charge is 0.337 e. The van der Waals surface area contributed by atoms with Gasteiger partial charge >= 0.3 is 5.97 Å². The molecule has 2 aromatic rings. The minimum atomic E-state index is -0.970. The highest BCUT2D eigenvalue weighted by atomic mass is 16.4. The molecule has 1 heterocycles. The molecule has 0 radical (unpaired) electrons. The lowest BCUT2D eigenvalue weighted by molar-refractivity contribution is 0.0698. The fraction of sp³-hybridized carbons (Fsp3) is 0.375. The summed E-state index contributed by atoms with van der Waals surface area (Å²) in [6.45, 7) is 2.96. The number of fused-ring (bicyclic) bond motifs is 1. The third-order valence-electron chi connectivity index (χ3n) is 3.50. The van der Waals surface area contributed by atoms with Gasteiger partial charge in [-0.25, -0.2) is 9.78 Å². The number of carboxylic acid groups (broad SMARTS) is 1. The summed E-state index contributed by atoms with van der Waals surface area (Å²) in [7, 11) is 0. The molecular weight excluding hydrogens is 268 g/mol. The molecule has 1 aromatic heterocycles. The summed E-state index contributed by atoms with van der Waals surface area (Å²) in [6.07, 6.45) is 3.26. The molecule has 0 bridgehead atoms. The molecule has 1 atom stereocenters. The number of rotatable bonds is 7. The number of nitrogens with one attached hydrogen (secondary N) is 1. The van der Waals surface area contributed by atoms with Crippen LogP contribution in [0.2, 0.25) is 0 Å². The maximum atomic E-state index is 11.2. The Morgan fingerprint density at radius 3 is 2.71 bits per heavy atom. The minimum absolute atomic E-state index is 0.203. The van der Waals surface area contributed by atoms with Gasteiger partial charge in [-0.1, -0.05) is 31.2 Å². The Morgan fingerprint density at radius 1 is 1.33 bits per heavy atom. The van der Waals surface area contributed by atoms with Crippen LogP contribution in [0.15, 0.2) is 30.5 Å². The average molecular weight is 288 g/mol. The molecule has 2 rings (SSSR count). The fourth-order valence-corrected chi connectivity index (χ4v) is 2.25. The molecule has 5 nitrogen and oxygen atoms in total. The van der Waals surface area contributed by atoms with Crippen LogP contribution in [-0.4, -0.2) is 34.3 Å². The van der Waals surface area contributed by atoms with Crippen molar-refractivity contribution in [3.05, 3.63) is 36.0 Å². The van der Waals surface area contributed by atoms with Gasteiger partial charge in [-0.05, 0) is 18.8 Å². The van der Waals surface area contributed by atoms with Crippen LogP contribution in [0.1, 0.15) is 30.1 Å². The lowest BCUT2D eigenvalue weighted by Crippen LogP contribution is -2.08. The monoisotopic (exact) mass is 288 g/mol. The topological polar surface area (TPSA) is 82.5 Å². The van der Waals surface area contributed by atoms with Gasteiger partial charge in [0.15, 0.2) is 0 Å². The van der Waals surface area contributed by atoms with Gasteiger partial charge in [-0.2, -0.15) is 0 Å². The third-order valence-corrected chi connectivity index (χ3v) is 3.50. The maximum Gasteiger partial charge on any atom is 0.337 e. The number of aliphatic hydroxyl groups is 1. The van der Waals surface area contributed by atoms with Gasteiger partial charge in [0, 0.05) is 30.1 Å². The Balaban J connectivity index is 2.14. The van der Waals surface area contributed by atoms with Gasteiger partial charge in [0.25, 0.3) is 0 Å². The van der Waals surface area contributed by atoms with Crippen LogP contribution < -0.4 is 5.32 Å². The van der Waals surface area contributed by atoms with Crippen molar-refractivity contribution in [2.45, 2.75) is 19.8 Å². The Labute approximate surface area is 123 Å². The van der Waals surface area contributed by atoms with E-state index in [-0.39, 0.29) is 12.2 Å². The molecule has 0 aliphatic rings. The molecule has 3 N–H and O–H groups in total. The van der Waals surface area contributed by atoms with E-state index in [4.69, 9.17) is 5.11 Å². The van der Waals surface area contributed by atoms with Crippen molar-refractivity contribution >= 4 is 22.6 Å². The lowest BCUT2D eigenvalue weighted by Gasteiger charge is -2.11. The van der Waals surface area contributed by atoms with Crippen molar-refractivity contribution in [3.8, 4) is 0 Å². The first-order chi connectivity index (χ1) is 10.1. The summed E-state index contributed by atoms with van der Waals surface area (Å²) in [5.74, 6) is 0.0279. The molecule has 112 valence electrons. The second-order valence-electron chi connectivity index (χ2n) is 5.23. The average Bonchev–Trinajstić information content (AvgIpc) is 2.50. The van der Waals surface area contributed by atoms with Crippen molar-refractivity contribution in [1.82, 2.24) is 4.98 Å². The van der Waals surface area contributed by atoms with E-state index in [9.17, 15) is 9.90 Å². The summed E-state index contributed by atoms with van der Waals surface area (Å²) in [4.78, 5) is 15.4. The van der Waals surface area contributed by atoms with Crippen molar-refractivity contribution in [1.29, 1.82) is 0 Å². The van der Waals surface area contributed by atoms with Gasteiger partial charge in [0.2, 0.25) is 0 Å². The van der Waals surface area contributed by atoms with Gasteiger partial charge in [0.1, 0.15) is 5.82 Å². The highest BCUT2D eigenvalue weighted by Crippen LogP contribution is 2.24. The number of benzene rings is 1. The number of anilines is 1. The second kappa shape index (κ2) is 7.04. The fourth-order valence-electron chi connectivity index (χ4n) is 2.25. The molecule has 0 amide bonds. The molecule has 0 aliphatic carbocycles. The summed E-state index contributed by atoms with van der Waals surface area (Å²) >= 11 is 0. The van der Waals surface area contributed by atoms with Gasteiger partial charge in [-0.3, -0.25) is 0 Å². The van der Waals surface area contributed by atoms with Gasteiger partial charge in [0.05, 0.1) is 5.56 Å². The zero-order valence-corrected chi connectivity index (χ0v) is 12.0. The predicted octanol–water partition coefficient (Wildman–Crippen LogP) is 2.75. The first-order valence-electron chi connectivity index (χ1n) is 7.09. The van der Waals surface area contributed by atoms with E-state index >= 15 is 0 Å². The lowest BCUT2D eigenvalue weighted by atomic mass is 10.1. The number of pyridine rings is 1. The molecule has 0 fully saturated rings. The number of hydrogen-bond donors (Lipinski definition) is 3. The molecular formula is C16H20N2O3. The summed E-state index contributed by atoms with van der Waals surface area (Å²) in [5, 5.41) is 22.9. The summed E-state index contributed by atoms with van der Waals surface area (Å²) in [5.41, 5.74) is 0.213. The third kappa shape index (κ3) is 3.70. The van der Waals surface area contributed by atoms with Gasteiger partial charge < -0.3 is 15.5 Å². The number of aromatic nitrogens is 1. The highest BCUT2D eigenvalue weighted by molar-refractivity contribution is 6.06. The van der Waals surface area contributed by atoms with Crippen LogP contribution in [0.25, 0.3) is 10.8 Å². The van der Waals surface area contributed by atoms with E-state index in [0.717, 1.165) is 24.8 Å². The number of hydrogen-bond acceptors (Lipinski definition) is 4. The molecule has 1 unspecified atom stereocenters. The largest absolute Gasteiger partial charge is 0.478 e. The first kappa shape index (κ1) is 15.3.